The van der Waals surface area contributed by atoms with Crippen molar-refractivity contribution in [3.8, 4) is 22.6 Å². The fourth-order valence-electron chi connectivity index (χ4n) is 3.62. The van der Waals surface area contributed by atoms with Crippen LogP contribution < -0.4 is 14.8 Å². The molecular formula is C26H29NO5S. The van der Waals surface area contributed by atoms with Gasteiger partial charge in [0.05, 0.1) is 13.7 Å². The number of ether oxygens (including phenoxy) is 3. The standard InChI is InChI=1S/C26H29NO5S/c1-7-31-20-10-8-19(9-11-20)23-18(5)33-25(24(23)26(29)30-6)27-22(28)14-32-21-13-15(2)12-16(3)17(21)4/h8-13H,7,14H2,1-6H3,(H,27,28). The van der Waals surface area contributed by atoms with E-state index < -0.39 is 5.97 Å². The molecule has 0 radical (unpaired) electrons. The number of anilines is 1. The molecule has 3 aromatic rings. The average molecular weight is 468 g/mol. The van der Waals surface area contributed by atoms with Crippen LogP contribution in [0.5, 0.6) is 11.5 Å². The van der Waals surface area contributed by atoms with E-state index in [4.69, 9.17) is 14.2 Å². The molecule has 1 heterocycles. The Labute approximate surface area is 198 Å². The maximum absolute atomic E-state index is 12.7. The highest BCUT2D eigenvalue weighted by atomic mass is 32.1. The summed E-state index contributed by atoms with van der Waals surface area (Å²) in [6.45, 7) is 10.2. The van der Waals surface area contributed by atoms with Crippen LogP contribution in [0.3, 0.4) is 0 Å². The summed E-state index contributed by atoms with van der Waals surface area (Å²) in [5.41, 5.74) is 5.07. The number of hydrogen-bond acceptors (Lipinski definition) is 6. The summed E-state index contributed by atoms with van der Waals surface area (Å²) in [6, 6.07) is 11.5. The Morgan fingerprint density at radius 3 is 2.33 bits per heavy atom. The van der Waals surface area contributed by atoms with Gasteiger partial charge in [0, 0.05) is 10.4 Å². The van der Waals surface area contributed by atoms with Crippen molar-refractivity contribution in [2.45, 2.75) is 34.6 Å². The molecule has 1 aromatic heterocycles. The van der Waals surface area contributed by atoms with Crippen LogP contribution in [0.1, 0.15) is 38.8 Å². The van der Waals surface area contributed by atoms with Crippen molar-refractivity contribution in [1.29, 1.82) is 0 Å². The fraction of sp³-hybridized carbons (Fsp3) is 0.308. The Bertz CT molecular complexity index is 1160. The van der Waals surface area contributed by atoms with Gasteiger partial charge in [0.25, 0.3) is 5.91 Å². The Balaban J connectivity index is 1.85. The highest BCUT2D eigenvalue weighted by Crippen LogP contribution is 2.40. The van der Waals surface area contributed by atoms with E-state index in [2.05, 4.69) is 11.4 Å². The number of aryl methyl sites for hydroxylation is 3. The summed E-state index contributed by atoms with van der Waals surface area (Å²) in [4.78, 5) is 26.3. The van der Waals surface area contributed by atoms with E-state index in [1.807, 2.05) is 65.0 Å². The normalized spacial score (nSPS) is 10.6. The molecule has 0 spiro atoms. The molecule has 0 aliphatic rings. The molecule has 0 atom stereocenters. The van der Waals surface area contributed by atoms with Crippen molar-refractivity contribution in [3.63, 3.8) is 0 Å². The SMILES string of the molecule is CCOc1ccc(-c2c(C)sc(NC(=O)COc3cc(C)cc(C)c3C)c2C(=O)OC)cc1. The molecule has 0 saturated heterocycles. The summed E-state index contributed by atoms with van der Waals surface area (Å²) in [5, 5.41) is 3.28. The third kappa shape index (κ3) is 5.54. The van der Waals surface area contributed by atoms with Crippen molar-refractivity contribution in [3.05, 3.63) is 63.5 Å². The number of carbonyl (C=O) groups excluding carboxylic acids is 2. The predicted molar refractivity (Wildman–Crippen MR) is 132 cm³/mol. The van der Waals surface area contributed by atoms with E-state index in [9.17, 15) is 9.59 Å². The van der Waals surface area contributed by atoms with Crippen molar-refractivity contribution >= 4 is 28.2 Å². The molecule has 1 amide bonds. The topological polar surface area (TPSA) is 73.9 Å². The molecule has 174 valence electrons. The van der Waals surface area contributed by atoms with Gasteiger partial charge in [-0.3, -0.25) is 4.79 Å². The number of thiophene rings is 1. The number of amides is 1. The van der Waals surface area contributed by atoms with E-state index in [0.717, 1.165) is 38.4 Å². The molecule has 0 bridgehead atoms. The Hall–Kier alpha value is -3.32. The molecular weight excluding hydrogens is 438 g/mol. The zero-order valence-electron chi connectivity index (χ0n) is 19.8. The lowest BCUT2D eigenvalue weighted by Gasteiger charge is -2.13. The number of esters is 1. The molecule has 7 heteroatoms. The molecule has 1 N–H and O–H groups in total. The van der Waals surface area contributed by atoms with Gasteiger partial charge < -0.3 is 19.5 Å². The minimum atomic E-state index is -0.510. The van der Waals surface area contributed by atoms with Crippen LogP contribution in [0.15, 0.2) is 36.4 Å². The zero-order valence-corrected chi connectivity index (χ0v) is 20.6. The maximum Gasteiger partial charge on any atom is 0.341 e. The van der Waals surface area contributed by atoms with Crippen LogP contribution in [0, 0.1) is 27.7 Å². The Kier molecular flexibility index (Phi) is 7.76. The number of methoxy groups -OCH3 is 1. The van der Waals surface area contributed by atoms with Crippen LogP contribution in [-0.4, -0.2) is 32.2 Å². The second-order valence-corrected chi connectivity index (χ2v) is 8.95. The number of carbonyl (C=O) groups is 2. The van der Waals surface area contributed by atoms with Crippen molar-refractivity contribution in [2.24, 2.45) is 0 Å². The van der Waals surface area contributed by atoms with Crippen molar-refractivity contribution in [1.82, 2.24) is 0 Å². The summed E-state index contributed by atoms with van der Waals surface area (Å²) in [6.07, 6.45) is 0. The molecule has 0 fully saturated rings. The predicted octanol–water partition coefficient (Wildman–Crippen LogP) is 5.85. The number of hydrogen-bond donors (Lipinski definition) is 1. The monoisotopic (exact) mass is 467 g/mol. The second kappa shape index (κ2) is 10.5. The first kappa shape index (κ1) is 24.3. The lowest BCUT2D eigenvalue weighted by Crippen LogP contribution is -2.21. The lowest BCUT2D eigenvalue weighted by atomic mass is 10.0. The number of benzene rings is 2. The highest BCUT2D eigenvalue weighted by molar-refractivity contribution is 7.17. The van der Waals surface area contributed by atoms with E-state index in [1.165, 1.54) is 18.4 Å². The first-order chi connectivity index (χ1) is 15.7. The first-order valence-electron chi connectivity index (χ1n) is 10.7. The van der Waals surface area contributed by atoms with Gasteiger partial charge in [-0.05, 0) is 75.1 Å². The molecule has 33 heavy (non-hydrogen) atoms. The minimum absolute atomic E-state index is 0.167. The Morgan fingerprint density at radius 1 is 1.00 bits per heavy atom. The number of rotatable bonds is 8. The third-order valence-corrected chi connectivity index (χ3v) is 6.32. The van der Waals surface area contributed by atoms with Gasteiger partial charge in [0.15, 0.2) is 6.61 Å². The van der Waals surface area contributed by atoms with Crippen LogP contribution in [0.25, 0.3) is 11.1 Å². The quantitative estimate of drug-likeness (QED) is 0.421. The smallest absolute Gasteiger partial charge is 0.341 e. The first-order valence-corrected chi connectivity index (χ1v) is 11.5. The van der Waals surface area contributed by atoms with Gasteiger partial charge in [-0.2, -0.15) is 0 Å². The van der Waals surface area contributed by atoms with E-state index in [1.54, 1.807) is 0 Å². The van der Waals surface area contributed by atoms with E-state index in [0.29, 0.717) is 22.9 Å². The third-order valence-electron chi connectivity index (χ3n) is 5.30. The molecule has 6 nitrogen and oxygen atoms in total. The van der Waals surface area contributed by atoms with Crippen LogP contribution in [0.4, 0.5) is 5.00 Å². The van der Waals surface area contributed by atoms with Gasteiger partial charge in [0.1, 0.15) is 22.1 Å². The summed E-state index contributed by atoms with van der Waals surface area (Å²) in [7, 11) is 1.33. The molecule has 0 aliphatic carbocycles. The lowest BCUT2D eigenvalue weighted by molar-refractivity contribution is -0.118. The molecule has 3 rings (SSSR count). The van der Waals surface area contributed by atoms with Gasteiger partial charge in [-0.1, -0.05) is 18.2 Å². The van der Waals surface area contributed by atoms with Gasteiger partial charge in [-0.25, -0.2) is 4.79 Å². The molecule has 0 unspecified atom stereocenters. The van der Waals surface area contributed by atoms with Crippen LogP contribution in [0.2, 0.25) is 0 Å². The van der Waals surface area contributed by atoms with Gasteiger partial charge in [-0.15, -0.1) is 11.3 Å². The van der Waals surface area contributed by atoms with Gasteiger partial charge in [0.2, 0.25) is 0 Å². The average Bonchev–Trinajstić information content (AvgIpc) is 3.10. The van der Waals surface area contributed by atoms with Crippen molar-refractivity contribution in [2.75, 3.05) is 25.6 Å². The number of nitrogens with one attached hydrogen (secondary N) is 1. The molecule has 2 aromatic carbocycles. The van der Waals surface area contributed by atoms with E-state index >= 15 is 0 Å². The largest absolute Gasteiger partial charge is 0.494 e. The summed E-state index contributed by atoms with van der Waals surface area (Å²) >= 11 is 1.33. The second-order valence-electron chi connectivity index (χ2n) is 7.73. The maximum atomic E-state index is 12.7. The van der Waals surface area contributed by atoms with Gasteiger partial charge >= 0.3 is 5.97 Å². The minimum Gasteiger partial charge on any atom is -0.494 e. The fourth-order valence-corrected chi connectivity index (χ4v) is 4.70. The van der Waals surface area contributed by atoms with Crippen molar-refractivity contribution < 1.29 is 23.8 Å². The van der Waals surface area contributed by atoms with Crippen LogP contribution >= 0.6 is 11.3 Å². The van der Waals surface area contributed by atoms with Crippen LogP contribution in [-0.2, 0) is 9.53 Å². The molecule has 0 aliphatic heterocycles. The molecule has 0 saturated carbocycles. The van der Waals surface area contributed by atoms with E-state index in [-0.39, 0.29) is 12.5 Å². The zero-order chi connectivity index (χ0) is 24.1. The summed E-state index contributed by atoms with van der Waals surface area (Å²) in [5.74, 6) is 0.567. The Morgan fingerprint density at radius 2 is 1.70 bits per heavy atom. The summed E-state index contributed by atoms with van der Waals surface area (Å²) < 4.78 is 16.3. The highest BCUT2D eigenvalue weighted by Gasteiger charge is 2.25.